The molecule has 2 aliphatic heterocycles. The number of rotatable bonds is 3. The predicted octanol–water partition coefficient (Wildman–Crippen LogP) is 2.14. The molecule has 0 atom stereocenters. The zero-order valence-corrected chi connectivity index (χ0v) is 22.0. The molecule has 2 fully saturated rings. The summed E-state index contributed by atoms with van der Waals surface area (Å²) in [6.07, 6.45) is 1.37. The number of benzene rings is 1. The van der Waals surface area contributed by atoms with Gasteiger partial charge in [-0.1, -0.05) is 16.8 Å². The third kappa shape index (κ3) is 4.38. The molecule has 6 N–H and O–H groups in total. The summed E-state index contributed by atoms with van der Waals surface area (Å²) in [5.41, 5.74) is 9.24. The molecule has 1 aromatic carbocycles. The fourth-order valence-corrected chi connectivity index (χ4v) is 5.14. The van der Waals surface area contributed by atoms with E-state index in [1.807, 2.05) is 30.1 Å². The molecule has 198 valence electrons. The summed E-state index contributed by atoms with van der Waals surface area (Å²) in [4.78, 5) is 39.9. The lowest BCUT2D eigenvalue weighted by atomic mass is 9.88. The number of fused-ring (bicyclic) bond motifs is 1. The van der Waals surface area contributed by atoms with E-state index < -0.39 is 5.91 Å². The summed E-state index contributed by atoms with van der Waals surface area (Å²) in [7, 11) is 2.03. The molecule has 5 rings (SSSR count). The molecule has 2 aromatic heterocycles. The van der Waals surface area contributed by atoms with Crippen LogP contribution in [0.1, 0.15) is 44.9 Å². The monoisotopic (exact) mass is 537 g/mol. The standard InChI is InChI=1S/C24H28ClN11O2/c1-12-13(2)35(3)16-5-4-14(10-15(12)16)22(38)36-8-6-24(7-9-36)11-28-23(32-24)31-21(37)17-20(33-34-27)30-19(26)18(25)29-17/h4-5,10H,6-9,11H2,1-3H3,(H4,26,27,30,33)(H2,28,31,32,37). The maximum atomic E-state index is 13.3. The van der Waals surface area contributed by atoms with E-state index in [1.54, 1.807) is 0 Å². The number of aliphatic imine (C=N–C) groups is 1. The second-order valence-corrected chi connectivity index (χ2v) is 9.96. The van der Waals surface area contributed by atoms with Crippen LogP contribution in [0.4, 0.5) is 11.6 Å². The number of nitrogens with one attached hydrogen (secondary N) is 2. The van der Waals surface area contributed by atoms with Gasteiger partial charge in [-0.25, -0.2) is 9.97 Å². The fraction of sp³-hybridized carbons (Fsp3) is 0.375. The minimum absolute atomic E-state index is 0.0121. The van der Waals surface area contributed by atoms with Crippen molar-refractivity contribution in [3.63, 3.8) is 0 Å². The van der Waals surface area contributed by atoms with Gasteiger partial charge in [0.1, 0.15) is 0 Å². The number of aryl methyl sites for hydroxylation is 2. The van der Waals surface area contributed by atoms with Crippen LogP contribution in [0.2, 0.25) is 5.15 Å². The van der Waals surface area contributed by atoms with Gasteiger partial charge in [0.2, 0.25) is 5.82 Å². The first-order valence-electron chi connectivity index (χ1n) is 12.1. The molecule has 3 aromatic rings. The molecule has 0 bridgehead atoms. The normalized spacial score (nSPS) is 17.9. The number of hydrogen-bond acceptors (Lipinski definition) is 7. The van der Waals surface area contributed by atoms with E-state index in [4.69, 9.17) is 23.2 Å². The summed E-state index contributed by atoms with van der Waals surface area (Å²) in [5.74, 6) is 4.38. The van der Waals surface area contributed by atoms with E-state index in [-0.39, 0.29) is 33.9 Å². The molecule has 38 heavy (non-hydrogen) atoms. The maximum Gasteiger partial charge on any atom is 0.302 e. The second-order valence-electron chi connectivity index (χ2n) is 9.61. The van der Waals surface area contributed by atoms with Crippen LogP contribution in [0.15, 0.2) is 33.5 Å². The van der Waals surface area contributed by atoms with Gasteiger partial charge in [0.15, 0.2) is 22.6 Å². The zero-order valence-electron chi connectivity index (χ0n) is 21.2. The average molecular weight is 538 g/mol. The highest BCUT2D eigenvalue weighted by atomic mass is 35.5. The Kier molecular flexibility index (Phi) is 6.39. The van der Waals surface area contributed by atoms with Gasteiger partial charge in [-0.05, 0) is 50.5 Å². The molecule has 2 amide bonds. The fourth-order valence-electron chi connectivity index (χ4n) is 5.01. The molecule has 2 saturated heterocycles. The Morgan fingerprint density at radius 3 is 2.63 bits per heavy atom. The molecule has 14 heteroatoms. The first-order chi connectivity index (χ1) is 18.1. The number of nitrogens with zero attached hydrogens (tertiary/aromatic N) is 7. The number of anilines is 1. The number of piperidine rings is 1. The van der Waals surface area contributed by atoms with Crippen LogP contribution >= 0.6 is 11.6 Å². The highest BCUT2D eigenvalue weighted by Crippen LogP contribution is 2.29. The van der Waals surface area contributed by atoms with E-state index in [9.17, 15) is 9.59 Å². The van der Waals surface area contributed by atoms with Crippen molar-refractivity contribution in [3.05, 3.63) is 45.9 Å². The van der Waals surface area contributed by atoms with Crippen LogP contribution < -0.4 is 22.2 Å². The van der Waals surface area contributed by atoms with Crippen LogP contribution in [-0.4, -0.2) is 62.4 Å². The van der Waals surface area contributed by atoms with Crippen molar-refractivity contribution in [3.8, 4) is 0 Å². The lowest BCUT2D eigenvalue weighted by molar-refractivity contribution is 0.0669. The smallest absolute Gasteiger partial charge is 0.302 e. The summed E-state index contributed by atoms with van der Waals surface area (Å²) in [6, 6.07) is 5.89. The van der Waals surface area contributed by atoms with Gasteiger partial charge < -0.3 is 31.7 Å². The predicted molar refractivity (Wildman–Crippen MR) is 143 cm³/mol. The second kappa shape index (κ2) is 9.56. The molecular weight excluding hydrogens is 510 g/mol. The number of hydrogen-bond donors (Lipinski definition) is 4. The minimum Gasteiger partial charge on any atom is -0.381 e. The number of halogens is 1. The lowest BCUT2D eigenvalue weighted by Crippen LogP contribution is -2.53. The number of aromatic nitrogens is 3. The topological polar surface area (TPSA) is 181 Å². The summed E-state index contributed by atoms with van der Waals surface area (Å²) in [6.45, 7) is 5.85. The summed E-state index contributed by atoms with van der Waals surface area (Å²) >= 11 is 5.92. The Balaban J connectivity index is 1.27. The SMILES string of the molecule is Cc1c(C)n(C)c2ccc(C(=O)N3CCC4(CC3)CN/C(=N\C(=O)c3nc(Cl)c(N)nc3N=NN)N4)cc12. The summed E-state index contributed by atoms with van der Waals surface area (Å²) in [5, 5.41) is 14.1. The Morgan fingerprint density at radius 2 is 1.92 bits per heavy atom. The van der Waals surface area contributed by atoms with Gasteiger partial charge in [-0.15, -0.1) is 5.11 Å². The highest BCUT2D eigenvalue weighted by molar-refractivity contribution is 6.31. The van der Waals surface area contributed by atoms with E-state index in [0.717, 1.165) is 10.9 Å². The van der Waals surface area contributed by atoms with Crippen molar-refractivity contribution in [2.75, 3.05) is 25.4 Å². The van der Waals surface area contributed by atoms with Crippen LogP contribution in [-0.2, 0) is 7.05 Å². The van der Waals surface area contributed by atoms with Gasteiger partial charge in [-0.2, -0.15) is 4.99 Å². The largest absolute Gasteiger partial charge is 0.381 e. The van der Waals surface area contributed by atoms with E-state index >= 15 is 0 Å². The zero-order chi connectivity index (χ0) is 27.2. The minimum atomic E-state index is -0.733. The molecular formula is C24H28ClN11O2. The number of carbonyl (C=O) groups excluding carboxylic acids is 2. The Hall–Kier alpha value is -4.26. The van der Waals surface area contributed by atoms with Crippen molar-refractivity contribution in [1.29, 1.82) is 0 Å². The van der Waals surface area contributed by atoms with Crippen molar-refractivity contribution in [2.45, 2.75) is 32.2 Å². The molecule has 4 heterocycles. The van der Waals surface area contributed by atoms with E-state index in [0.29, 0.717) is 44.0 Å². The Morgan fingerprint density at radius 1 is 1.18 bits per heavy atom. The van der Waals surface area contributed by atoms with Gasteiger partial charge >= 0.3 is 5.91 Å². The van der Waals surface area contributed by atoms with Gasteiger partial charge in [0.25, 0.3) is 5.91 Å². The molecule has 0 saturated carbocycles. The molecule has 0 aliphatic carbocycles. The van der Waals surface area contributed by atoms with E-state index in [1.165, 1.54) is 11.3 Å². The number of nitrogen functional groups attached to an aromatic ring is 1. The van der Waals surface area contributed by atoms with Crippen molar-refractivity contribution >= 4 is 51.9 Å². The number of likely N-dealkylation sites (tertiary alicyclic amines) is 1. The third-order valence-electron chi connectivity index (χ3n) is 7.47. The van der Waals surface area contributed by atoms with Crippen molar-refractivity contribution in [1.82, 2.24) is 30.1 Å². The number of nitrogens with two attached hydrogens (primary N) is 2. The van der Waals surface area contributed by atoms with E-state index in [2.05, 4.69) is 54.3 Å². The maximum absolute atomic E-state index is 13.3. The van der Waals surface area contributed by atoms with Crippen LogP contribution in [0.5, 0.6) is 0 Å². The van der Waals surface area contributed by atoms with Crippen molar-refractivity contribution < 1.29 is 9.59 Å². The molecule has 0 unspecified atom stereocenters. The third-order valence-corrected chi connectivity index (χ3v) is 7.75. The first-order valence-corrected chi connectivity index (χ1v) is 12.4. The lowest BCUT2D eigenvalue weighted by Gasteiger charge is -2.38. The molecule has 13 nitrogen and oxygen atoms in total. The highest BCUT2D eigenvalue weighted by Gasteiger charge is 2.41. The number of carbonyl (C=O) groups is 2. The average Bonchev–Trinajstić information content (AvgIpc) is 3.39. The molecule has 2 aliphatic rings. The molecule has 1 spiro atoms. The van der Waals surface area contributed by atoms with Crippen LogP contribution in [0.25, 0.3) is 10.9 Å². The Bertz CT molecular complexity index is 1520. The Labute approximate surface area is 223 Å². The van der Waals surface area contributed by atoms with Crippen LogP contribution in [0.3, 0.4) is 0 Å². The number of amides is 2. The first kappa shape index (κ1) is 25.4. The van der Waals surface area contributed by atoms with Gasteiger partial charge in [0, 0.05) is 48.8 Å². The van der Waals surface area contributed by atoms with Crippen molar-refractivity contribution in [2.24, 2.45) is 28.2 Å². The number of guanidine groups is 1. The van der Waals surface area contributed by atoms with Gasteiger partial charge in [0.05, 0.1) is 5.54 Å². The quantitative estimate of drug-likeness (QED) is 0.222. The summed E-state index contributed by atoms with van der Waals surface area (Å²) < 4.78 is 2.14. The molecule has 0 radical (unpaired) electrons. The van der Waals surface area contributed by atoms with Gasteiger partial charge in [-0.3, -0.25) is 9.59 Å². The van der Waals surface area contributed by atoms with Crippen LogP contribution in [0, 0.1) is 13.8 Å².